The van der Waals surface area contributed by atoms with Crippen molar-refractivity contribution in [1.82, 2.24) is 0 Å². The van der Waals surface area contributed by atoms with Crippen molar-refractivity contribution in [1.29, 1.82) is 0 Å². The first-order valence-corrected chi connectivity index (χ1v) is 9.61. The van der Waals surface area contributed by atoms with E-state index < -0.39 is 20.6 Å². The Labute approximate surface area is 116 Å². The van der Waals surface area contributed by atoms with Gasteiger partial charge in [0.25, 0.3) is 0 Å². The van der Waals surface area contributed by atoms with Crippen LogP contribution < -0.4 is 0 Å². The Hall–Kier alpha value is -0.693. The van der Waals surface area contributed by atoms with E-state index in [0.717, 1.165) is 18.9 Å². The van der Waals surface area contributed by atoms with E-state index in [1.54, 1.807) is 0 Å². The smallest absolute Gasteiger partial charge is 0.356 e. The number of rotatable bonds is 10. The van der Waals surface area contributed by atoms with Crippen molar-refractivity contribution in [2.45, 2.75) is 51.6 Å². The van der Waals surface area contributed by atoms with Gasteiger partial charge in [0.15, 0.2) is 6.29 Å². The van der Waals surface area contributed by atoms with Gasteiger partial charge in [0.1, 0.15) is 0 Å². The van der Waals surface area contributed by atoms with Crippen molar-refractivity contribution in [2.24, 2.45) is 0 Å². The number of carbonyl (C=O) groups is 1. The van der Waals surface area contributed by atoms with Gasteiger partial charge in [0.2, 0.25) is 8.32 Å². The highest BCUT2D eigenvalue weighted by molar-refractivity contribution is 6.70. The van der Waals surface area contributed by atoms with Gasteiger partial charge in [0, 0.05) is 26.2 Å². The van der Waals surface area contributed by atoms with Gasteiger partial charge in [-0.15, -0.1) is 0 Å². The second-order valence-corrected chi connectivity index (χ2v) is 9.21. The Kier molecular flexibility index (Phi) is 8.91. The van der Waals surface area contributed by atoms with E-state index in [9.17, 15) is 4.79 Å². The summed E-state index contributed by atoms with van der Waals surface area (Å²) in [6.45, 7) is 9.81. The van der Waals surface area contributed by atoms with Crippen molar-refractivity contribution in [2.75, 3.05) is 14.2 Å². The number of carbonyl (C=O) groups excluding carboxylic acids is 1. The van der Waals surface area contributed by atoms with E-state index in [2.05, 4.69) is 13.5 Å². The van der Waals surface area contributed by atoms with Crippen LogP contribution in [0.15, 0.2) is 12.2 Å². The van der Waals surface area contributed by atoms with Gasteiger partial charge < -0.3 is 14.4 Å². The molecule has 0 aromatic heterocycles. The lowest BCUT2D eigenvalue weighted by Gasteiger charge is -2.20. The first-order chi connectivity index (χ1) is 8.86. The molecule has 0 saturated heterocycles. The number of hydrogen-bond donors (Lipinski definition) is 0. The summed E-state index contributed by atoms with van der Waals surface area (Å²) in [4.78, 5) is 16.6. The average Bonchev–Trinajstić information content (AvgIpc) is 2.39. The van der Waals surface area contributed by atoms with E-state index in [0.29, 0.717) is 0 Å². The van der Waals surface area contributed by atoms with Crippen LogP contribution in [0.4, 0.5) is 0 Å². The lowest BCUT2D eigenvalue weighted by molar-refractivity contribution is -0.216. The summed E-state index contributed by atoms with van der Waals surface area (Å²) in [5.74, 6) is -0.559. The normalized spacial score (nSPS) is 11.7. The number of ether oxygens (including phenoxy) is 2. The molecule has 0 fully saturated rings. The van der Waals surface area contributed by atoms with Gasteiger partial charge in [-0.2, -0.15) is 0 Å². The summed E-state index contributed by atoms with van der Waals surface area (Å²) in [7, 11) is 1.07. The van der Waals surface area contributed by atoms with E-state index in [4.69, 9.17) is 18.9 Å². The van der Waals surface area contributed by atoms with E-state index in [1.165, 1.54) is 14.2 Å². The predicted octanol–water partition coefficient (Wildman–Crippen LogP) is 3.03. The van der Waals surface area contributed by atoms with Gasteiger partial charge in [-0.1, -0.05) is 26.3 Å². The molecule has 0 spiro atoms. The predicted molar refractivity (Wildman–Crippen MR) is 75.9 cm³/mol. The summed E-state index contributed by atoms with van der Waals surface area (Å²) in [6.07, 6.45) is 1.94. The zero-order valence-electron chi connectivity index (χ0n) is 12.7. The molecule has 0 bridgehead atoms. The third-order valence-corrected chi connectivity index (χ3v) is 4.80. The fraction of sp³-hybridized carbons (Fsp3) is 0.769. The molecule has 112 valence electrons. The van der Waals surface area contributed by atoms with Crippen LogP contribution in [0.1, 0.15) is 26.2 Å². The molecule has 5 nitrogen and oxygen atoms in total. The maximum absolute atomic E-state index is 11.7. The first-order valence-electron chi connectivity index (χ1n) is 6.49. The summed E-state index contributed by atoms with van der Waals surface area (Å²) < 4.78 is 15.3. The van der Waals surface area contributed by atoms with Crippen LogP contribution in [0.3, 0.4) is 0 Å². The molecule has 19 heavy (non-hydrogen) atoms. The van der Waals surface area contributed by atoms with E-state index in [-0.39, 0.29) is 12.0 Å². The molecule has 0 aromatic carbocycles. The molecule has 0 unspecified atom stereocenters. The third-order valence-electron chi connectivity index (χ3n) is 2.70. The lowest BCUT2D eigenvalue weighted by Crippen LogP contribution is -2.32. The van der Waals surface area contributed by atoms with Crippen LogP contribution in [-0.4, -0.2) is 34.8 Å². The molecular weight excluding hydrogens is 264 g/mol. The largest absolute Gasteiger partial charge is 0.367 e. The van der Waals surface area contributed by atoms with Gasteiger partial charge in [-0.3, -0.25) is 0 Å². The second kappa shape index (κ2) is 9.25. The van der Waals surface area contributed by atoms with Crippen molar-refractivity contribution in [3.8, 4) is 0 Å². The lowest BCUT2D eigenvalue weighted by atomic mass is 10.2. The molecule has 0 radical (unpaired) electrons. The number of hydrogen-bond acceptors (Lipinski definition) is 5. The van der Waals surface area contributed by atoms with Gasteiger partial charge >= 0.3 is 5.97 Å². The molecule has 0 saturated carbocycles. The van der Waals surface area contributed by atoms with Crippen LogP contribution in [0.5, 0.6) is 0 Å². The molecule has 0 heterocycles. The van der Waals surface area contributed by atoms with Crippen molar-refractivity contribution >= 4 is 14.3 Å². The number of methoxy groups -OCH3 is 2. The third kappa shape index (κ3) is 8.15. The monoisotopic (exact) mass is 290 g/mol. The summed E-state index contributed by atoms with van der Waals surface area (Å²) in [5, 5.41) is 0. The van der Waals surface area contributed by atoms with Crippen LogP contribution in [0.2, 0.25) is 19.1 Å². The van der Waals surface area contributed by atoms with Gasteiger partial charge in [-0.05, 0) is 19.1 Å². The SMILES string of the molecule is C=C(CC(OC)OC)C(=O)OO[Si](C)(C)CCCC. The number of unbranched alkanes of at least 4 members (excludes halogenated alkanes) is 1. The summed E-state index contributed by atoms with van der Waals surface area (Å²) >= 11 is 0. The molecule has 0 amide bonds. The van der Waals surface area contributed by atoms with Gasteiger partial charge in [-0.25, -0.2) is 9.37 Å². The summed E-state index contributed by atoms with van der Waals surface area (Å²) in [6, 6.07) is 0.960. The maximum atomic E-state index is 11.7. The molecule has 0 aliphatic carbocycles. The Morgan fingerprint density at radius 3 is 2.32 bits per heavy atom. The van der Waals surface area contributed by atoms with E-state index in [1.807, 2.05) is 13.1 Å². The maximum Gasteiger partial charge on any atom is 0.367 e. The zero-order valence-corrected chi connectivity index (χ0v) is 13.7. The highest BCUT2D eigenvalue weighted by atomic mass is 28.4. The van der Waals surface area contributed by atoms with E-state index >= 15 is 0 Å². The minimum atomic E-state index is -1.94. The van der Waals surface area contributed by atoms with Crippen molar-refractivity contribution < 1.29 is 23.7 Å². The molecule has 0 aliphatic rings. The highest BCUT2D eigenvalue weighted by Crippen LogP contribution is 2.17. The molecular formula is C13H26O5Si. The fourth-order valence-corrected chi connectivity index (χ4v) is 2.99. The topological polar surface area (TPSA) is 54.0 Å². The van der Waals surface area contributed by atoms with Crippen LogP contribution in [0.25, 0.3) is 0 Å². The molecule has 0 atom stereocenters. The molecule has 0 N–H and O–H groups in total. The first kappa shape index (κ1) is 18.3. The van der Waals surface area contributed by atoms with Crippen molar-refractivity contribution in [3.63, 3.8) is 0 Å². The minimum Gasteiger partial charge on any atom is -0.356 e. The Morgan fingerprint density at radius 2 is 1.84 bits per heavy atom. The zero-order chi connectivity index (χ0) is 14.9. The molecule has 6 heteroatoms. The Bertz CT molecular complexity index is 287. The minimum absolute atomic E-state index is 0.256. The van der Waals surface area contributed by atoms with Gasteiger partial charge in [0.05, 0.1) is 0 Å². The average molecular weight is 290 g/mol. The van der Waals surface area contributed by atoms with Crippen LogP contribution in [0, 0.1) is 0 Å². The van der Waals surface area contributed by atoms with Crippen molar-refractivity contribution in [3.05, 3.63) is 12.2 Å². The Morgan fingerprint density at radius 1 is 1.26 bits per heavy atom. The highest BCUT2D eigenvalue weighted by Gasteiger charge is 2.26. The quantitative estimate of drug-likeness (QED) is 0.203. The second-order valence-electron chi connectivity index (χ2n) is 5.03. The standard InChI is InChI=1S/C13H26O5Si/c1-7-8-9-19(5,6)18-17-13(14)11(2)10-12(15-3)16-4/h12H,2,7-10H2,1,3-6H3. The summed E-state index contributed by atoms with van der Waals surface area (Å²) in [5.41, 5.74) is 0.272. The molecule has 0 aliphatic heterocycles. The molecule has 0 rings (SSSR count). The Balaban J connectivity index is 4.12. The van der Waals surface area contributed by atoms with Crippen LogP contribution in [-0.2, 0) is 23.7 Å². The molecule has 0 aromatic rings. The van der Waals surface area contributed by atoms with Crippen LogP contribution >= 0.6 is 0 Å². The fourth-order valence-electron chi connectivity index (χ4n) is 1.40.